The van der Waals surface area contributed by atoms with Crippen LogP contribution in [0.1, 0.15) is 24.5 Å². The van der Waals surface area contributed by atoms with Crippen molar-refractivity contribution in [2.45, 2.75) is 31.9 Å². The van der Waals surface area contributed by atoms with Crippen molar-refractivity contribution < 1.29 is 17.9 Å². The van der Waals surface area contributed by atoms with E-state index < -0.39 is 21.1 Å². The molecule has 2 atom stereocenters. The quantitative estimate of drug-likeness (QED) is 0.651. The standard InChI is InChI=1S/C19H24FN3O4S/c1-4-12-5-6-15(14(20)8-12)21-18-16(7-11(2)19(25)23(18)3)22-28(26,27)17-9-13(17)10-24/h5-8,13,17,21-22,24H,4,9-10H2,1-3H3. The number of rotatable bonds is 7. The Hall–Kier alpha value is -2.39. The molecule has 7 nitrogen and oxygen atoms in total. The number of hydrogen-bond donors (Lipinski definition) is 3. The Balaban J connectivity index is 2.01. The number of nitrogens with one attached hydrogen (secondary N) is 2. The molecule has 1 aliphatic rings. The normalized spacial score (nSPS) is 18.8. The minimum absolute atomic E-state index is 0.135. The Morgan fingerprint density at radius 2 is 2.00 bits per heavy atom. The minimum atomic E-state index is -3.74. The molecule has 3 N–H and O–H groups in total. The van der Waals surface area contributed by atoms with Crippen LogP contribution in [0.4, 0.5) is 21.6 Å². The molecule has 3 rings (SSSR count). The number of benzene rings is 1. The first-order chi connectivity index (χ1) is 13.2. The summed E-state index contributed by atoms with van der Waals surface area (Å²) in [5, 5.41) is 11.3. The van der Waals surface area contributed by atoms with Gasteiger partial charge in [0.15, 0.2) is 0 Å². The number of aromatic nitrogens is 1. The predicted octanol–water partition coefficient (Wildman–Crippen LogP) is 2.26. The second-order valence-electron chi connectivity index (χ2n) is 7.11. The highest BCUT2D eigenvalue weighted by molar-refractivity contribution is 7.93. The van der Waals surface area contributed by atoms with Crippen LogP contribution in [0.3, 0.4) is 0 Å². The third-order valence-electron chi connectivity index (χ3n) is 5.03. The fourth-order valence-corrected chi connectivity index (χ4v) is 4.86. The van der Waals surface area contributed by atoms with Crippen molar-refractivity contribution in [3.05, 3.63) is 51.6 Å². The van der Waals surface area contributed by atoms with Crippen LogP contribution >= 0.6 is 0 Å². The number of halogens is 1. The summed E-state index contributed by atoms with van der Waals surface area (Å²) in [5.41, 5.74) is 1.14. The molecule has 152 valence electrons. The van der Waals surface area contributed by atoms with Crippen molar-refractivity contribution in [1.29, 1.82) is 0 Å². The number of pyridine rings is 1. The third kappa shape index (κ3) is 3.90. The number of hydrogen-bond acceptors (Lipinski definition) is 5. The van der Waals surface area contributed by atoms with Gasteiger partial charge < -0.3 is 10.4 Å². The second-order valence-corrected chi connectivity index (χ2v) is 9.01. The Morgan fingerprint density at radius 3 is 2.57 bits per heavy atom. The third-order valence-corrected chi connectivity index (χ3v) is 6.91. The first-order valence-corrected chi connectivity index (χ1v) is 10.6. The molecule has 9 heteroatoms. The molecule has 1 heterocycles. The van der Waals surface area contributed by atoms with Crippen molar-refractivity contribution in [2.24, 2.45) is 13.0 Å². The SMILES string of the molecule is CCc1ccc(Nc2c(NS(=O)(=O)C3CC3CO)cc(C)c(=O)n2C)c(F)c1. The Morgan fingerprint density at radius 1 is 1.29 bits per heavy atom. The van der Waals surface area contributed by atoms with E-state index in [1.165, 1.54) is 23.7 Å². The van der Waals surface area contributed by atoms with E-state index in [9.17, 15) is 17.6 Å². The molecular weight excluding hydrogens is 385 g/mol. The van der Waals surface area contributed by atoms with Gasteiger partial charge in [0, 0.05) is 25.1 Å². The van der Waals surface area contributed by atoms with Gasteiger partial charge in [0.1, 0.15) is 11.6 Å². The zero-order chi connectivity index (χ0) is 20.6. The van der Waals surface area contributed by atoms with Crippen LogP contribution in [0.5, 0.6) is 0 Å². The highest BCUT2D eigenvalue weighted by Gasteiger charge is 2.47. The lowest BCUT2D eigenvalue weighted by Gasteiger charge is -2.19. The Kier molecular flexibility index (Phi) is 5.49. The molecule has 1 aromatic carbocycles. The summed E-state index contributed by atoms with van der Waals surface area (Å²) in [6, 6.07) is 6.14. The summed E-state index contributed by atoms with van der Waals surface area (Å²) in [6.45, 7) is 3.29. The van der Waals surface area contributed by atoms with E-state index >= 15 is 0 Å². The van der Waals surface area contributed by atoms with Crippen LogP contribution in [-0.4, -0.2) is 29.9 Å². The van der Waals surface area contributed by atoms with Gasteiger partial charge in [-0.15, -0.1) is 0 Å². The highest BCUT2D eigenvalue weighted by atomic mass is 32.2. The molecule has 0 amide bonds. The second kappa shape index (κ2) is 7.56. The van der Waals surface area contributed by atoms with Crippen molar-refractivity contribution in [2.75, 3.05) is 16.6 Å². The number of aryl methyl sites for hydroxylation is 2. The average molecular weight is 409 g/mol. The van der Waals surface area contributed by atoms with Gasteiger partial charge in [-0.3, -0.25) is 14.1 Å². The van der Waals surface area contributed by atoms with Gasteiger partial charge in [0.25, 0.3) is 5.56 Å². The molecule has 0 bridgehead atoms. The van der Waals surface area contributed by atoms with E-state index in [0.29, 0.717) is 18.4 Å². The van der Waals surface area contributed by atoms with E-state index in [1.54, 1.807) is 19.1 Å². The van der Waals surface area contributed by atoms with Crippen LogP contribution in [0.15, 0.2) is 29.1 Å². The molecule has 0 spiro atoms. The van der Waals surface area contributed by atoms with Crippen molar-refractivity contribution >= 4 is 27.2 Å². The maximum Gasteiger partial charge on any atom is 0.254 e. The first kappa shape index (κ1) is 20.3. The van der Waals surface area contributed by atoms with Gasteiger partial charge in [0.05, 0.1) is 16.6 Å². The van der Waals surface area contributed by atoms with Crippen LogP contribution < -0.4 is 15.6 Å². The fraction of sp³-hybridized carbons (Fsp3) is 0.421. The van der Waals surface area contributed by atoms with Gasteiger partial charge in [-0.25, -0.2) is 12.8 Å². The monoisotopic (exact) mass is 409 g/mol. The van der Waals surface area contributed by atoms with Gasteiger partial charge in [-0.05, 0) is 43.5 Å². The van der Waals surface area contributed by atoms with Gasteiger partial charge in [0.2, 0.25) is 10.0 Å². The Bertz CT molecular complexity index is 1070. The maximum absolute atomic E-state index is 14.4. The lowest BCUT2D eigenvalue weighted by molar-refractivity contribution is 0.277. The molecule has 1 aromatic heterocycles. The smallest absolute Gasteiger partial charge is 0.254 e. The number of anilines is 3. The van der Waals surface area contributed by atoms with E-state index in [0.717, 1.165) is 5.56 Å². The zero-order valence-electron chi connectivity index (χ0n) is 16.0. The highest BCUT2D eigenvalue weighted by Crippen LogP contribution is 2.38. The maximum atomic E-state index is 14.4. The largest absolute Gasteiger partial charge is 0.396 e. The molecule has 1 aliphatic carbocycles. The summed E-state index contributed by atoms with van der Waals surface area (Å²) in [5.74, 6) is -0.645. The van der Waals surface area contributed by atoms with E-state index in [2.05, 4.69) is 10.0 Å². The average Bonchev–Trinajstić information content (AvgIpc) is 3.45. The number of aliphatic hydroxyl groups is 1. The molecule has 2 unspecified atom stereocenters. The van der Waals surface area contributed by atoms with Crippen LogP contribution in [0.25, 0.3) is 0 Å². The molecular formula is C19H24FN3O4S. The summed E-state index contributed by atoms with van der Waals surface area (Å²) in [7, 11) is -2.25. The van der Waals surface area contributed by atoms with Gasteiger partial charge in [-0.2, -0.15) is 0 Å². The molecule has 28 heavy (non-hydrogen) atoms. The van der Waals surface area contributed by atoms with Crippen molar-refractivity contribution in [1.82, 2.24) is 4.57 Å². The molecule has 1 fully saturated rings. The zero-order valence-corrected chi connectivity index (χ0v) is 16.8. The van der Waals surface area contributed by atoms with E-state index in [4.69, 9.17) is 5.11 Å². The molecule has 1 saturated carbocycles. The van der Waals surface area contributed by atoms with Crippen LogP contribution in [0, 0.1) is 18.7 Å². The minimum Gasteiger partial charge on any atom is -0.396 e. The summed E-state index contributed by atoms with van der Waals surface area (Å²) < 4.78 is 43.3. The van der Waals surface area contributed by atoms with Crippen LogP contribution in [0.2, 0.25) is 0 Å². The first-order valence-electron chi connectivity index (χ1n) is 9.06. The predicted molar refractivity (Wildman–Crippen MR) is 107 cm³/mol. The fourth-order valence-electron chi connectivity index (χ4n) is 3.15. The van der Waals surface area contributed by atoms with E-state index in [-0.39, 0.29) is 35.3 Å². The van der Waals surface area contributed by atoms with Crippen molar-refractivity contribution in [3.63, 3.8) is 0 Å². The summed E-state index contributed by atoms with van der Waals surface area (Å²) in [4.78, 5) is 12.3. The van der Waals surface area contributed by atoms with Crippen molar-refractivity contribution in [3.8, 4) is 0 Å². The van der Waals surface area contributed by atoms with Gasteiger partial charge in [-0.1, -0.05) is 13.0 Å². The molecule has 0 aliphatic heterocycles. The molecule has 0 radical (unpaired) electrons. The Labute approximate surface area is 163 Å². The van der Waals surface area contributed by atoms with Crippen LogP contribution in [-0.2, 0) is 23.5 Å². The topological polar surface area (TPSA) is 100 Å². The van der Waals surface area contributed by atoms with E-state index in [1.807, 2.05) is 6.92 Å². The lowest BCUT2D eigenvalue weighted by atomic mass is 10.1. The number of nitrogens with zero attached hydrogens (tertiary/aromatic N) is 1. The molecule has 2 aromatic rings. The summed E-state index contributed by atoms with van der Waals surface area (Å²) in [6.07, 6.45) is 1.06. The van der Waals surface area contributed by atoms with Gasteiger partial charge >= 0.3 is 0 Å². The summed E-state index contributed by atoms with van der Waals surface area (Å²) >= 11 is 0. The lowest BCUT2D eigenvalue weighted by Crippen LogP contribution is -2.26. The number of sulfonamides is 1. The number of aliphatic hydroxyl groups excluding tert-OH is 1. The molecule has 0 saturated heterocycles.